The zero-order valence-electron chi connectivity index (χ0n) is 16.9. The Kier molecular flexibility index (Phi) is 6.85. The summed E-state index contributed by atoms with van der Waals surface area (Å²) in [6.07, 6.45) is 3.32. The highest BCUT2D eigenvalue weighted by molar-refractivity contribution is 5.94. The largest absolute Gasteiger partial charge is 0.352 e. The van der Waals surface area contributed by atoms with Crippen LogP contribution >= 0.6 is 0 Å². The number of nitrogens with zero attached hydrogens (tertiary/aromatic N) is 1. The summed E-state index contributed by atoms with van der Waals surface area (Å²) in [5.74, 6) is 0.614. The van der Waals surface area contributed by atoms with E-state index in [2.05, 4.69) is 43.4 Å². The zero-order valence-corrected chi connectivity index (χ0v) is 16.9. The van der Waals surface area contributed by atoms with Crippen LogP contribution in [0.25, 0.3) is 0 Å². The van der Waals surface area contributed by atoms with Crippen LogP contribution in [0, 0.1) is 0 Å². The molecule has 148 valence electrons. The second kappa shape index (κ2) is 9.54. The van der Waals surface area contributed by atoms with E-state index in [1.165, 1.54) is 11.1 Å². The smallest absolute Gasteiger partial charge is 0.251 e. The summed E-state index contributed by atoms with van der Waals surface area (Å²) >= 11 is 0. The molecule has 1 saturated carbocycles. The van der Waals surface area contributed by atoms with Gasteiger partial charge in [-0.05, 0) is 48.4 Å². The Bertz CT molecular complexity index is 780. The van der Waals surface area contributed by atoms with Gasteiger partial charge in [-0.1, -0.05) is 56.3 Å². The monoisotopic (exact) mass is 378 g/mol. The quantitative estimate of drug-likeness (QED) is 0.653. The van der Waals surface area contributed by atoms with E-state index in [9.17, 15) is 9.59 Å². The third kappa shape index (κ3) is 5.69. The molecule has 1 fully saturated rings. The fourth-order valence-electron chi connectivity index (χ4n) is 3.29. The number of rotatable bonds is 9. The molecular weight excluding hydrogens is 348 g/mol. The molecule has 0 spiro atoms. The van der Waals surface area contributed by atoms with Crippen molar-refractivity contribution in [1.29, 1.82) is 0 Å². The molecule has 0 bridgehead atoms. The van der Waals surface area contributed by atoms with Crippen LogP contribution in [0.3, 0.4) is 0 Å². The van der Waals surface area contributed by atoms with Crippen molar-refractivity contribution in [2.75, 3.05) is 6.54 Å². The molecular formula is C24H30N2O2. The lowest BCUT2D eigenvalue weighted by molar-refractivity contribution is -0.132. The maximum atomic E-state index is 12.7. The fourth-order valence-corrected chi connectivity index (χ4v) is 3.29. The third-order valence-electron chi connectivity index (χ3n) is 5.20. The Balaban J connectivity index is 1.46. The third-order valence-corrected chi connectivity index (χ3v) is 5.20. The molecule has 0 heterocycles. The Labute approximate surface area is 167 Å². The lowest BCUT2D eigenvalue weighted by Crippen LogP contribution is -2.33. The van der Waals surface area contributed by atoms with Gasteiger partial charge in [-0.25, -0.2) is 0 Å². The fraction of sp³-hybridized carbons (Fsp3) is 0.417. The summed E-state index contributed by atoms with van der Waals surface area (Å²) in [5, 5.41) is 2.89. The molecule has 0 unspecified atom stereocenters. The van der Waals surface area contributed by atoms with Crippen LogP contribution in [0.2, 0.25) is 0 Å². The molecule has 28 heavy (non-hydrogen) atoms. The minimum absolute atomic E-state index is 0.0858. The van der Waals surface area contributed by atoms with Crippen molar-refractivity contribution in [3.05, 3.63) is 71.3 Å². The number of hydrogen-bond acceptors (Lipinski definition) is 2. The van der Waals surface area contributed by atoms with Gasteiger partial charge in [-0.2, -0.15) is 0 Å². The average molecular weight is 379 g/mol. The maximum absolute atomic E-state index is 12.7. The average Bonchev–Trinajstić information content (AvgIpc) is 3.55. The van der Waals surface area contributed by atoms with E-state index in [-0.39, 0.29) is 11.8 Å². The SMILES string of the molecule is CC(C)c1ccc(CN(C(=O)CCCNC(=O)c2ccccc2)C2CC2)cc1. The first kappa shape index (κ1) is 20.1. The Hall–Kier alpha value is -2.62. The van der Waals surface area contributed by atoms with E-state index in [4.69, 9.17) is 0 Å². The molecule has 1 aliphatic rings. The minimum Gasteiger partial charge on any atom is -0.352 e. The molecule has 0 saturated heterocycles. The lowest BCUT2D eigenvalue weighted by Gasteiger charge is -2.23. The van der Waals surface area contributed by atoms with Crippen LogP contribution in [0.4, 0.5) is 0 Å². The van der Waals surface area contributed by atoms with Crippen molar-refractivity contribution in [2.45, 2.75) is 58.0 Å². The van der Waals surface area contributed by atoms with Crippen LogP contribution in [0.1, 0.15) is 66.9 Å². The van der Waals surface area contributed by atoms with Crippen molar-refractivity contribution in [1.82, 2.24) is 10.2 Å². The summed E-state index contributed by atoms with van der Waals surface area (Å²) in [7, 11) is 0. The van der Waals surface area contributed by atoms with Gasteiger partial charge in [0.15, 0.2) is 0 Å². The molecule has 2 amide bonds. The first-order valence-corrected chi connectivity index (χ1v) is 10.3. The van der Waals surface area contributed by atoms with Crippen molar-refractivity contribution in [3.63, 3.8) is 0 Å². The molecule has 2 aromatic carbocycles. The van der Waals surface area contributed by atoms with E-state index in [0.717, 1.165) is 12.8 Å². The molecule has 1 N–H and O–H groups in total. The summed E-state index contributed by atoms with van der Waals surface area (Å²) in [5.41, 5.74) is 3.16. The molecule has 0 radical (unpaired) electrons. The Morgan fingerprint density at radius 2 is 1.71 bits per heavy atom. The highest BCUT2D eigenvalue weighted by Crippen LogP contribution is 2.29. The summed E-state index contributed by atoms with van der Waals surface area (Å²) in [6, 6.07) is 18.1. The zero-order chi connectivity index (χ0) is 19.9. The second-order valence-corrected chi connectivity index (χ2v) is 7.87. The number of nitrogens with one attached hydrogen (secondary N) is 1. The van der Waals surface area contributed by atoms with Crippen molar-refractivity contribution in [2.24, 2.45) is 0 Å². The number of amides is 2. The van der Waals surface area contributed by atoms with E-state index in [1.807, 2.05) is 23.1 Å². The first-order valence-electron chi connectivity index (χ1n) is 10.3. The maximum Gasteiger partial charge on any atom is 0.251 e. The van der Waals surface area contributed by atoms with Gasteiger partial charge in [0, 0.05) is 31.1 Å². The molecule has 0 aromatic heterocycles. The first-order chi connectivity index (χ1) is 13.5. The molecule has 3 rings (SSSR count). The van der Waals surface area contributed by atoms with Gasteiger partial charge in [0.25, 0.3) is 5.91 Å². The van der Waals surface area contributed by atoms with Crippen LogP contribution in [-0.4, -0.2) is 29.3 Å². The van der Waals surface area contributed by atoms with E-state index >= 15 is 0 Å². The number of carbonyl (C=O) groups is 2. The molecule has 0 atom stereocenters. The predicted octanol–water partition coefficient (Wildman–Crippen LogP) is 4.51. The lowest BCUT2D eigenvalue weighted by atomic mass is 10.0. The van der Waals surface area contributed by atoms with Gasteiger partial charge in [-0.15, -0.1) is 0 Å². The highest BCUT2D eigenvalue weighted by atomic mass is 16.2. The normalized spacial score (nSPS) is 13.4. The van der Waals surface area contributed by atoms with Gasteiger partial charge in [0.05, 0.1) is 0 Å². The van der Waals surface area contributed by atoms with Gasteiger partial charge in [0.1, 0.15) is 0 Å². The number of carbonyl (C=O) groups excluding carboxylic acids is 2. The summed E-state index contributed by atoms with van der Waals surface area (Å²) in [6.45, 7) is 5.57. The van der Waals surface area contributed by atoms with E-state index in [1.54, 1.807) is 12.1 Å². The summed E-state index contributed by atoms with van der Waals surface area (Å²) in [4.78, 5) is 26.8. The van der Waals surface area contributed by atoms with Crippen LogP contribution in [0.5, 0.6) is 0 Å². The van der Waals surface area contributed by atoms with Crippen molar-refractivity contribution >= 4 is 11.8 Å². The predicted molar refractivity (Wildman–Crippen MR) is 112 cm³/mol. The highest BCUT2D eigenvalue weighted by Gasteiger charge is 2.32. The van der Waals surface area contributed by atoms with E-state index in [0.29, 0.717) is 43.5 Å². The molecule has 0 aliphatic heterocycles. The van der Waals surface area contributed by atoms with Gasteiger partial charge < -0.3 is 10.2 Å². The summed E-state index contributed by atoms with van der Waals surface area (Å²) < 4.78 is 0. The number of benzene rings is 2. The van der Waals surface area contributed by atoms with Gasteiger partial charge in [0.2, 0.25) is 5.91 Å². The van der Waals surface area contributed by atoms with Crippen LogP contribution in [-0.2, 0) is 11.3 Å². The van der Waals surface area contributed by atoms with Crippen molar-refractivity contribution < 1.29 is 9.59 Å². The Morgan fingerprint density at radius 1 is 1.04 bits per heavy atom. The minimum atomic E-state index is -0.0858. The van der Waals surface area contributed by atoms with Crippen LogP contribution < -0.4 is 5.32 Å². The topological polar surface area (TPSA) is 49.4 Å². The van der Waals surface area contributed by atoms with Gasteiger partial charge in [-0.3, -0.25) is 9.59 Å². The molecule has 2 aromatic rings. The van der Waals surface area contributed by atoms with Crippen LogP contribution in [0.15, 0.2) is 54.6 Å². The van der Waals surface area contributed by atoms with Gasteiger partial charge >= 0.3 is 0 Å². The molecule has 4 heteroatoms. The Morgan fingerprint density at radius 3 is 2.32 bits per heavy atom. The standard InChI is InChI=1S/C24H30N2O2/c1-18(2)20-12-10-19(11-13-20)17-26(22-14-15-22)23(27)9-6-16-25-24(28)21-7-4-3-5-8-21/h3-5,7-8,10-13,18,22H,6,9,14-17H2,1-2H3,(H,25,28). The second-order valence-electron chi connectivity index (χ2n) is 7.87. The van der Waals surface area contributed by atoms with E-state index < -0.39 is 0 Å². The number of hydrogen-bond donors (Lipinski definition) is 1. The molecule has 1 aliphatic carbocycles. The van der Waals surface area contributed by atoms with Crippen molar-refractivity contribution in [3.8, 4) is 0 Å². The molecule has 4 nitrogen and oxygen atoms in total.